The second-order valence-corrected chi connectivity index (χ2v) is 9.37. The van der Waals surface area contributed by atoms with E-state index in [2.05, 4.69) is 25.5 Å². The zero-order chi connectivity index (χ0) is 22.1. The van der Waals surface area contributed by atoms with E-state index >= 15 is 0 Å². The lowest BCUT2D eigenvalue weighted by Gasteiger charge is -2.08. The van der Waals surface area contributed by atoms with Crippen molar-refractivity contribution in [3.8, 4) is 16.9 Å². The molecule has 0 spiro atoms. The van der Waals surface area contributed by atoms with Crippen LogP contribution in [0.4, 0.5) is 0 Å². The van der Waals surface area contributed by atoms with Gasteiger partial charge in [0, 0.05) is 16.5 Å². The second-order valence-electron chi connectivity index (χ2n) is 6.70. The van der Waals surface area contributed by atoms with Gasteiger partial charge in [0.15, 0.2) is 5.82 Å². The van der Waals surface area contributed by atoms with Crippen molar-refractivity contribution in [3.63, 3.8) is 0 Å². The predicted molar refractivity (Wildman–Crippen MR) is 131 cm³/mol. The van der Waals surface area contributed by atoms with Gasteiger partial charge in [0.25, 0.3) is 0 Å². The van der Waals surface area contributed by atoms with E-state index in [0.717, 1.165) is 27.6 Å². The molecule has 0 aliphatic rings. The maximum atomic E-state index is 6.29. The van der Waals surface area contributed by atoms with Crippen LogP contribution in [0.5, 0.6) is 5.75 Å². The smallest absolute Gasteiger partial charge is 0.216 e. The first-order chi connectivity index (χ1) is 15.6. The molecule has 0 radical (unpaired) electrons. The maximum absolute atomic E-state index is 6.29. The molecule has 0 atom stereocenters. The fraction of sp³-hybridized carbons (Fsp3) is 0.0476. The fourth-order valence-corrected chi connectivity index (χ4v) is 4.94. The predicted octanol–water partition coefficient (Wildman–Crippen LogP) is 6.31. The van der Waals surface area contributed by atoms with Gasteiger partial charge >= 0.3 is 0 Å². The molecule has 2 N–H and O–H groups in total. The summed E-state index contributed by atoms with van der Waals surface area (Å²) in [5.74, 6) is 1.28. The number of aromatic nitrogens is 5. The number of fused-ring (bicyclic) bond motifs is 1. The van der Waals surface area contributed by atoms with Gasteiger partial charge in [0.05, 0.1) is 22.4 Å². The summed E-state index contributed by atoms with van der Waals surface area (Å²) >= 11 is 19.0. The number of hydrogen-bond acceptors (Lipinski definition) is 6. The minimum atomic E-state index is 0.181. The third kappa shape index (κ3) is 4.07. The third-order valence-corrected chi connectivity index (χ3v) is 6.49. The SMILES string of the molecule is S=c1[nH]nc(COc2cccc3ccccc23)n1/N=C/c1[nH]ncc1-c1cc(Cl)sc1Cl. The van der Waals surface area contributed by atoms with Crippen molar-refractivity contribution in [2.45, 2.75) is 6.61 Å². The van der Waals surface area contributed by atoms with Crippen molar-refractivity contribution in [2.24, 2.45) is 5.10 Å². The Bertz CT molecular complexity index is 1490. The molecule has 3 aromatic heterocycles. The van der Waals surface area contributed by atoms with Gasteiger partial charge in [-0.3, -0.25) is 5.10 Å². The number of H-pyrrole nitrogens is 2. The Morgan fingerprint density at radius 2 is 1.97 bits per heavy atom. The van der Waals surface area contributed by atoms with Gasteiger partial charge in [-0.1, -0.05) is 59.6 Å². The minimum Gasteiger partial charge on any atom is -0.485 e. The van der Waals surface area contributed by atoms with E-state index in [4.69, 9.17) is 40.2 Å². The van der Waals surface area contributed by atoms with Gasteiger partial charge in [-0.25, -0.2) is 5.10 Å². The van der Waals surface area contributed by atoms with Crippen molar-refractivity contribution in [1.29, 1.82) is 0 Å². The summed E-state index contributed by atoms with van der Waals surface area (Å²) in [6.07, 6.45) is 3.28. The number of thiophene rings is 1. The number of ether oxygens (including phenoxy) is 1. The van der Waals surface area contributed by atoms with E-state index in [1.807, 2.05) is 42.5 Å². The van der Waals surface area contributed by atoms with Crippen LogP contribution in [0, 0.1) is 4.77 Å². The fourth-order valence-electron chi connectivity index (χ4n) is 3.25. The minimum absolute atomic E-state index is 0.181. The Hall–Kier alpha value is -2.98. The Labute approximate surface area is 201 Å². The molecular weight excluding hydrogens is 487 g/mol. The molecule has 0 aliphatic carbocycles. The molecule has 0 bridgehead atoms. The topological polar surface area (TPSA) is 83.9 Å². The highest BCUT2D eigenvalue weighted by Crippen LogP contribution is 2.38. The van der Waals surface area contributed by atoms with E-state index in [-0.39, 0.29) is 6.61 Å². The molecule has 0 amide bonds. The highest BCUT2D eigenvalue weighted by Gasteiger charge is 2.14. The quantitative estimate of drug-likeness (QED) is 0.211. The molecule has 2 aromatic carbocycles. The third-order valence-electron chi connectivity index (χ3n) is 4.74. The van der Waals surface area contributed by atoms with Crippen LogP contribution in [0.15, 0.2) is 59.8 Å². The monoisotopic (exact) mass is 500 g/mol. The van der Waals surface area contributed by atoms with Crippen LogP contribution in [0.1, 0.15) is 11.5 Å². The van der Waals surface area contributed by atoms with E-state index in [0.29, 0.717) is 25.0 Å². The molecular formula is C21H14Cl2N6OS2. The first-order valence-corrected chi connectivity index (χ1v) is 11.4. The molecule has 32 heavy (non-hydrogen) atoms. The summed E-state index contributed by atoms with van der Waals surface area (Å²) < 4.78 is 9.06. The molecule has 5 aromatic rings. The van der Waals surface area contributed by atoms with E-state index < -0.39 is 0 Å². The standard InChI is InChI=1S/C21H14Cl2N6OS2/c22-18-8-14(20(23)32-18)15-9-24-26-16(15)10-25-29-19(27-28-21(29)31)11-30-17-7-3-5-12-4-1-2-6-13(12)17/h1-10H,11H2,(H,24,26)(H,28,31)/b25-10+. The van der Waals surface area contributed by atoms with Gasteiger partial charge in [-0.15, -0.1) is 11.3 Å². The van der Waals surface area contributed by atoms with E-state index in [1.54, 1.807) is 18.5 Å². The Morgan fingerprint density at radius 1 is 1.12 bits per heavy atom. The number of benzene rings is 2. The Kier molecular flexibility index (Phi) is 5.79. The number of aromatic amines is 2. The van der Waals surface area contributed by atoms with Gasteiger partial charge in [-0.2, -0.15) is 20.0 Å². The highest BCUT2D eigenvalue weighted by atomic mass is 35.5. The first kappa shape index (κ1) is 20.9. The van der Waals surface area contributed by atoms with Crippen LogP contribution in [0.25, 0.3) is 21.9 Å². The molecule has 0 aliphatic heterocycles. The molecule has 0 fully saturated rings. The molecule has 0 saturated heterocycles. The highest BCUT2D eigenvalue weighted by molar-refractivity contribution is 7.71. The van der Waals surface area contributed by atoms with Gasteiger partial charge < -0.3 is 4.74 Å². The summed E-state index contributed by atoms with van der Waals surface area (Å²) in [5.41, 5.74) is 2.23. The Balaban J connectivity index is 1.41. The normalized spacial score (nSPS) is 11.6. The molecule has 3 heterocycles. The van der Waals surface area contributed by atoms with Crippen LogP contribution in [0.2, 0.25) is 8.67 Å². The number of nitrogens with zero attached hydrogens (tertiary/aromatic N) is 4. The average Bonchev–Trinajstić information content (AvgIpc) is 3.49. The van der Waals surface area contributed by atoms with Crippen molar-refractivity contribution in [3.05, 3.63) is 79.7 Å². The summed E-state index contributed by atoms with van der Waals surface area (Å²) in [4.78, 5) is 0. The zero-order valence-corrected chi connectivity index (χ0v) is 19.4. The van der Waals surface area contributed by atoms with E-state index in [1.165, 1.54) is 16.0 Å². The van der Waals surface area contributed by atoms with Crippen molar-refractivity contribution < 1.29 is 4.74 Å². The Morgan fingerprint density at radius 3 is 2.81 bits per heavy atom. The number of nitrogens with one attached hydrogen (secondary N) is 2. The average molecular weight is 501 g/mol. The van der Waals surface area contributed by atoms with Gasteiger partial charge in [0.2, 0.25) is 4.77 Å². The molecule has 0 saturated carbocycles. The summed E-state index contributed by atoms with van der Waals surface area (Å²) in [7, 11) is 0. The van der Waals surface area contributed by atoms with Crippen molar-refractivity contribution >= 4 is 63.7 Å². The molecule has 160 valence electrons. The van der Waals surface area contributed by atoms with Crippen LogP contribution >= 0.6 is 46.8 Å². The number of halogens is 2. The second kappa shape index (κ2) is 8.87. The van der Waals surface area contributed by atoms with Crippen LogP contribution < -0.4 is 4.74 Å². The molecule has 5 rings (SSSR count). The zero-order valence-electron chi connectivity index (χ0n) is 16.3. The van der Waals surface area contributed by atoms with Gasteiger partial charge in [-0.05, 0) is 29.7 Å². The van der Waals surface area contributed by atoms with E-state index in [9.17, 15) is 0 Å². The van der Waals surface area contributed by atoms with Gasteiger partial charge in [0.1, 0.15) is 16.7 Å². The largest absolute Gasteiger partial charge is 0.485 e. The summed E-state index contributed by atoms with van der Waals surface area (Å²) in [6.45, 7) is 0.181. The summed E-state index contributed by atoms with van der Waals surface area (Å²) in [6, 6.07) is 15.7. The number of hydrogen-bond donors (Lipinski definition) is 2. The summed E-state index contributed by atoms with van der Waals surface area (Å²) in [5, 5.41) is 20.6. The lowest BCUT2D eigenvalue weighted by atomic mass is 10.1. The molecule has 0 unspecified atom stereocenters. The van der Waals surface area contributed by atoms with Crippen LogP contribution in [-0.2, 0) is 6.61 Å². The lowest BCUT2D eigenvalue weighted by molar-refractivity contribution is 0.294. The molecule has 7 nitrogen and oxygen atoms in total. The molecule has 11 heteroatoms. The van der Waals surface area contributed by atoms with Crippen LogP contribution in [0.3, 0.4) is 0 Å². The first-order valence-electron chi connectivity index (χ1n) is 9.40. The van der Waals surface area contributed by atoms with Crippen molar-refractivity contribution in [1.82, 2.24) is 25.1 Å². The van der Waals surface area contributed by atoms with Crippen molar-refractivity contribution in [2.75, 3.05) is 0 Å². The van der Waals surface area contributed by atoms with Crippen LogP contribution in [-0.4, -0.2) is 31.3 Å². The lowest BCUT2D eigenvalue weighted by Crippen LogP contribution is -2.04. The number of rotatable bonds is 6. The maximum Gasteiger partial charge on any atom is 0.216 e.